The van der Waals surface area contributed by atoms with Crippen molar-refractivity contribution in [2.24, 2.45) is 5.73 Å². The topological polar surface area (TPSA) is 55.5 Å². The summed E-state index contributed by atoms with van der Waals surface area (Å²) in [7, 11) is 1.30. The average Bonchev–Trinajstić information content (AvgIpc) is 2.34. The Kier molecular flexibility index (Phi) is 7.18. The molecule has 3 nitrogen and oxygen atoms in total. The Morgan fingerprint density at radius 2 is 1.95 bits per heavy atom. The van der Waals surface area contributed by atoms with Gasteiger partial charge in [0.15, 0.2) is 0 Å². The van der Waals surface area contributed by atoms with Crippen molar-refractivity contribution in [1.29, 1.82) is 0 Å². The van der Waals surface area contributed by atoms with Gasteiger partial charge in [0.25, 0.3) is 0 Å². The van der Waals surface area contributed by atoms with Gasteiger partial charge >= 0.3 is 6.18 Å². The van der Waals surface area contributed by atoms with Gasteiger partial charge in [-0.3, -0.25) is 0 Å². The van der Waals surface area contributed by atoms with Crippen LogP contribution in [0, 0.1) is 0 Å². The van der Waals surface area contributed by atoms with Crippen molar-refractivity contribution in [3.05, 3.63) is 29.3 Å². The van der Waals surface area contributed by atoms with Gasteiger partial charge in [-0.1, -0.05) is 0 Å². The number of hydrogen-bond acceptors (Lipinski definition) is 3. The van der Waals surface area contributed by atoms with Crippen LogP contribution in [0.15, 0.2) is 18.2 Å². The van der Waals surface area contributed by atoms with E-state index in [4.69, 9.17) is 15.6 Å². The summed E-state index contributed by atoms with van der Waals surface area (Å²) in [6.07, 6.45) is -3.57. The first kappa shape index (κ1) is 18.0. The molecule has 19 heavy (non-hydrogen) atoms. The van der Waals surface area contributed by atoms with Crippen LogP contribution in [-0.2, 0) is 6.18 Å². The first-order valence-corrected chi connectivity index (χ1v) is 5.51. The number of aliphatic hydroxyl groups excluding tert-OH is 1. The molecular formula is C12H17ClF3NO2. The van der Waals surface area contributed by atoms with Crippen molar-refractivity contribution in [3.63, 3.8) is 0 Å². The van der Waals surface area contributed by atoms with Crippen LogP contribution in [0.3, 0.4) is 0 Å². The van der Waals surface area contributed by atoms with E-state index in [1.165, 1.54) is 13.2 Å². The van der Waals surface area contributed by atoms with Gasteiger partial charge in [-0.15, -0.1) is 12.4 Å². The predicted octanol–water partition coefficient (Wildman–Crippen LogP) is 2.91. The molecule has 0 radical (unpaired) electrons. The molecule has 0 aliphatic carbocycles. The number of ether oxygens (including phenoxy) is 1. The normalized spacial score (nSPS) is 12.7. The standard InChI is InChI=1S/C12H16F3NO2.ClH/c1-18-10-6-8(11(16)3-2-4-17)5-9(7-10)12(13,14)15;/h5-7,11,17H,2-4,16H2,1H3;1H/t11-;/m1./s1. The SMILES string of the molecule is COc1cc([C@H](N)CCCO)cc(C(F)(F)F)c1.Cl. The lowest BCUT2D eigenvalue weighted by Gasteiger charge is -2.16. The first-order valence-electron chi connectivity index (χ1n) is 5.51. The van der Waals surface area contributed by atoms with E-state index in [9.17, 15) is 13.2 Å². The maximum atomic E-state index is 12.7. The van der Waals surface area contributed by atoms with E-state index in [0.717, 1.165) is 12.1 Å². The molecule has 0 saturated heterocycles. The highest BCUT2D eigenvalue weighted by atomic mass is 35.5. The molecule has 0 aliphatic heterocycles. The first-order chi connectivity index (χ1) is 8.38. The Morgan fingerprint density at radius 1 is 1.32 bits per heavy atom. The molecule has 0 aromatic heterocycles. The molecule has 0 amide bonds. The van der Waals surface area contributed by atoms with Gasteiger partial charge in [-0.25, -0.2) is 0 Å². The summed E-state index contributed by atoms with van der Waals surface area (Å²) in [5.41, 5.74) is 5.36. The Balaban J connectivity index is 0.00000324. The summed E-state index contributed by atoms with van der Waals surface area (Å²) >= 11 is 0. The van der Waals surface area contributed by atoms with Crippen LogP contribution < -0.4 is 10.5 Å². The van der Waals surface area contributed by atoms with Gasteiger partial charge in [-0.05, 0) is 36.6 Å². The molecule has 0 unspecified atom stereocenters. The Bertz CT molecular complexity index is 399. The van der Waals surface area contributed by atoms with Crippen molar-refractivity contribution in [1.82, 2.24) is 0 Å². The second-order valence-corrected chi connectivity index (χ2v) is 3.96. The summed E-state index contributed by atoms with van der Waals surface area (Å²) in [6.45, 7) is -0.0379. The number of alkyl halides is 3. The molecule has 0 aliphatic rings. The number of benzene rings is 1. The third kappa shape index (κ3) is 5.26. The number of nitrogens with two attached hydrogens (primary N) is 1. The molecule has 1 rings (SSSR count). The molecule has 1 aromatic rings. The van der Waals surface area contributed by atoms with E-state index in [2.05, 4.69) is 0 Å². The number of halogens is 4. The third-order valence-corrected chi connectivity index (χ3v) is 2.59. The Labute approximate surface area is 116 Å². The largest absolute Gasteiger partial charge is 0.497 e. The van der Waals surface area contributed by atoms with Crippen LogP contribution in [0.25, 0.3) is 0 Å². The maximum Gasteiger partial charge on any atom is 0.416 e. The Morgan fingerprint density at radius 3 is 2.42 bits per heavy atom. The maximum absolute atomic E-state index is 12.7. The zero-order valence-corrected chi connectivity index (χ0v) is 11.2. The van der Waals surface area contributed by atoms with Gasteiger partial charge in [-0.2, -0.15) is 13.2 Å². The van der Waals surface area contributed by atoms with Crippen molar-refractivity contribution < 1.29 is 23.0 Å². The fourth-order valence-electron chi connectivity index (χ4n) is 1.60. The number of methoxy groups -OCH3 is 1. The van der Waals surface area contributed by atoms with E-state index >= 15 is 0 Å². The zero-order valence-electron chi connectivity index (χ0n) is 10.4. The molecule has 1 atom stereocenters. The van der Waals surface area contributed by atoms with Gasteiger partial charge in [0.05, 0.1) is 12.7 Å². The molecular weight excluding hydrogens is 283 g/mol. The van der Waals surface area contributed by atoms with Crippen LogP contribution >= 0.6 is 12.4 Å². The second kappa shape index (κ2) is 7.57. The van der Waals surface area contributed by atoms with Gasteiger partial charge < -0.3 is 15.6 Å². The smallest absolute Gasteiger partial charge is 0.416 e. The lowest BCUT2D eigenvalue weighted by molar-refractivity contribution is -0.137. The minimum Gasteiger partial charge on any atom is -0.497 e. The van der Waals surface area contributed by atoms with Gasteiger partial charge in [0.1, 0.15) is 5.75 Å². The van der Waals surface area contributed by atoms with Crippen LogP contribution in [0.4, 0.5) is 13.2 Å². The molecule has 0 saturated carbocycles. The van der Waals surface area contributed by atoms with Crippen molar-refractivity contribution in [2.45, 2.75) is 25.1 Å². The lowest BCUT2D eigenvalue weighted by Crippen LogP contribution is -2.13. The number of rotatable bonds is 5. The summed E-state index contributed by atoms with van der Waals surface area (Å²) in [6, 6.07) is 2.89. The summed E-state index contributed by atoms with van der Waals surface area (Å²) in [5.74, 6) is 0.124. The van der Waals surface area contributed by atoms with Crippen molar-refractivity contribution in [3.8, 4) is 5.75 Å². The minimum atomic E-state index is -4.43. The summed E-state index contributed by atoms with van der Waals surface area (Å²) in [5, 5.41) is 8.69. The van der Waals surface area contributed by atoms with Crippen LogP contribution in [0.1, 0.15) is 30.0 Å². The molecule has 0 fully saturated rings. The zero-order chi connectivity index (χ0) is 13.8. The molecule has 0 spiro atoms. The highest BCUT2D eigenvalue weighted by Crippen LogP contribution is 2.34. The summed E-state index contributed by atoms with van der Waals surface area (Å²) < 4.78 is 42.8. The summed E-state index contributed by atoms with van der Waals surface area (Å²) in [4.78, 5) is 0. The Hall–Kier alpha value is -0.980. The van der Waals surface area contributed by atoms with E-state index in [0.29, 0.717) is 18.4 Å². The quantitative estimate of drug-likeness (QED) is 0.879. The highest BCUT2D eigenvalue weighted by Gasteiger charge is 2.31. The fraction of sp³-hybridized carbons (Fsp3) is 0.500. The van der Waals surface area contributed by atoms with E-state index < -0.39 is 17.8 Å². The van der Waals surface area contributed by atoms with E-state index in [1.54, 1.807) is 0 Å². The van der Waals surface area contributed by atoms with Gasteiger partial charge in [0, 0.05) is 12.6 Å². The average molecular weight is 300 g/mol. The second-order valence-electron chi connectivity index (χ2n) is 3.96. The highest BCUT2D eigenvalue weighted by molar-refractivity contribution is 5.85. The monoisotopic (exact) mass is 299 g/mol. The molecule has 0 bridgehead atoms. The predicted molar refractivity (Wildman–Crippen MR) is 68.5 cm³/mol. The molecule has 7 heteroatoms. The minimum absolute atomic E-state index is 0. The van der Waals surface area contributed by atoms with E-state index in [-0.39, 0.29) is 24.8 Å². The van der Waals surface area contributed by atoms with Crippen molar-refractivity contribution in [2.75, 3.05) is 13.7 Å². The number of hydrogen-bond donors (Lipinski definition) is 2. The van der Waals surface area contributed by atoms with Crippen LogP contribution in [-0.4, -0.2) is 18.8 Å². The van der Waals surface area contributed by atoms with Gasteiger partial charge in [0.2, 0.25) is 0 Å². The van der Waals surface area contributed by atoms with Crippen LogP contribution in [0.2, 0.25) is 0 Å². The molecule has 3 N–H and O–H groups in total. The van der Waals surface area contributed by atoms with Crippen LogP contribution in [0.5, 0.6) is 5.75 Å². The van der Waals surface area contributed by atoms with E-state index in [1.807, 2.05) is 0 Å². The number of aliphatic hydroxyl groups is 1. The van der Waals surface area contributed by atoms with Crippen molar-refractivity contribution >= 4 is 12.4 Å². The lowest BCUT2D eigenvalue weighted by atomic mass is 10.00. The molecule has 110 valence electrons. The molecule has 0 heterocycles. The molecule has 1 aromatic carbocycles. The third-order valence-electron chi connectivity index (χ3n) is 2.59. The fourth-order valence-corrected chi connectivity index (χ4v) is 1.60.